The molecule has 0 saturated heterocycles. The molecular weight excluding hydrogens is 478 g/mol. The van der Waals surface area contributed by atoms with E-state index in [-0.39, 0.29) is 11.0 Å². The van der Waals surface area contributed by atoms with Gasteiger partial charge in [0.15, 0.2) is 0 Å². The second-order valence-electron chi connectivity index (χ2n) is 13.3. The van der Waals surface area contributed by atoms with Gasteiger partial charge in [-0.1, -0.05) is 114 Å². The Bertz CT molecular complexity index is 1120. The van der Waals surface area contributed by atoms with Gasteiger partial charge in [-0.2, -0.15) is 10.2 Å². The average Bonchev–Trinajstić information content (AvgIpc) is 3.34. The van der Waals surface area contributed by atoms with Crippen molar-refractivity contribution in [2.45, 2.75) is 129 Å². The molecule has 38 heavy (non-hydrogen) atoms. The number of hydrogen-bond donors (Lipinski definition) is 1. The molecule has 0 spiro atoms. The van der Waals surface area contributed by atoms with Crippen LogP contribution in [0.3, 0.4) is 0 Å². The van der Waals surface area contributed by atoms with Gasteiger partial charge in [-0.3, -0.25) is 4.72 Å². The molecule has 2 aromatic rings. The van der Waals surface area contributed by atoms with Crippen molar-refractivity contribution in [3.8, 4) is 11.1 Å². The Kier molecular flexibility index (Phi) is 9.25. The van der Waals surface area contributed by atoms with E-state index in [4.69, 9.17) is 0 Å². The molecule has 0 fully saturated rings. The predicted molar refractivity (Wildman–Crippen MR) is 174 cm³/mol. The van der Waals surface area contributed by atoms with Crippen LogP contribution in [0.25, 0.3) is 17.2 Å². The maximum atomic E-state index is 4.14. The van der Waals surface area contributed by atoms with Crippen LogP contribution in [0.1, 0.15) is 140 Å². The molecule has 2 aliphatic carbocycles. The summed E-state index contributed by atoms with van der Waals surface area (Å²) in [6, 6.07) is 14.7. The molecule has 0 radical (unpaired) electrons. The highest BCUT2D eigenvalue weighted by atomic mass is 32.3. The van der Waals surface area contributed by atoms with Gasteiger partial charge >= 0.3 is 0 Å². The third-order valence-electron chi connectivity index (χ3n) is 9.12. The van der Waals surface area contributed by atoms with Crippen LogP contribution in [0, 0.1) is 0 Å². The van der Waals surface area contributed by atoms with E-state index in [2.05, 4.69) is 102 Å². The van der Waals surface area contributed by atoms with Gasteiger partial charge in [0, 0.05) is 16.2 Å². The third kappa shape index (κ3) is 5.68. The number of unbranched alkanes of at least 4 members (excludes halogenated alkanes) is 6. The topological polar surface area (TPSA) is 12.0 Å². The molecule has 4 rings (SSSR count). The Morgan fingerprint density at radius 3 is 2.03 bits per heavy atom. The van der Waals surface area contributed by atoms with Gasteiger partial charge < -0.3 is 0 Å². The molecule has 0 amide bonds. The number of nitrogens with one attached hydrogen (secondary N) is 1. The van der Waals surface area contributed by atoms with Gasteiger partial charge in [-0.05, 0) is 92.0 Å². The Hall–Kier alpha value is -1.51. The molecule has 2 unspecified atom stereocenters. The SMILES string of the molecule is CCCCCCC1(CCCCCC)c2ccccc2-c2cc3c(cc21)C(S(C)(CC)NC(C)(C)C)C(C)=C3. The second-order valence-corrected chi connectivity index (χ2v) is 16.9. The Labute approximate surface area is 236 Å². The van der Waals surface area contributed by atoms with E-state index in [1.807, 2.05) is 0 Å². The van der Waals surface area contributed by atoms with Crippen LogP contribution in [0.15, 0.2) is 42.0 Å². The minimum Gasteiger partial charge on any atom is -0.275 e. The Morgan fingerprint density at radius 2 is 1.45 bits per heavy atom. The zero-order valence-electron chi connectivity index (χ0n) is 25.8. The molecule has 2 aliphatic rings. The zero-order valence-corrected chi connectivity index (χ0v) is 26.6. The third-order valence-corrected chi connectivity index (χ3v) is 13.1. The van der Waals surface area contributed by atoms with Crippen molar-refractivity contribution in [2.75, 3.05) is 12.0 Å². The van der Waals surface area contributed by atoms with E-state index in [1.54, 1.807) is 22.3 Å². The predicted octanol–water partition coefficient (Wildman–Crippen LogP) is 11.1. The lowest BCUT2D eigenvalue weighted by atomic mass is 9.70. The summed E-state index contributed by atoms with van der Waals surface area (Å²) in [6.07, 6.45) is 18.3. The van der Waals surface area contributed by atoms with Gasteiger partial charge in [0.2, 0.25) is 0 Å². The summed E-state index contributed by atoms with van der Waals surface area (Å²) in [7, 11) is -1.06. The highest BCUT2D eigenvalue weighted by Gasteiger charge is 2.45. The molecule has 2 heteroatoms. The van der Waals surface area contributed by atoms with Crippen LogP contribution in [0.5, 0.6) is 0 Å². The molecule has 0 bridgehead atoms. The molecule has 0 aliphatic heterocycles. The normalized spacial score (nSPS) is 19.9. The van der Waals surface area contributed by atoms with E-state index < -0.39 is 10.2 Å². The Balaban J connectivity index is 1.84. The molecule has 210 valence electrons. The van der Waals surface area contributed by atoms with Crippen LogP contribution in [-0.2, 0) is 5.41 Å². The average molecular weight is 534 g/mol. The first-order valence-electron chi connectivity index (χ1n) is 15.6. The first kappa shape index (κ1) is 29.5. The maximum Gasteiger partial charge on any atom is 0.0468 e. The molecule has 0 aromatic heterocycles. The van der Waals surface area contributed by atoms with E-state index >= 15 is 0 Å². The molecule has 2 aromatic carbocycles. The number of rotatable bonds is 13. The molecule has 0 saturated carbocycles. The molecule has 1 nitrogen and oxygen atoms in total. The molecule has 1 N–H and O–H groups in total. The molecule has 0 heterocycles. The quantitative estimate of drug-likeness (QED) is 0.252. The lowest BCUT2D eigenvalue weighted by Gasteiger charge is -2.48. The summed E-state index contributed by atoms with van der Waals surface area (Å²) in [5.41, 5.74) is 11.2. The zero-order chi connectivity index (χ0) is 27.6. The Morgan fingerprint density at radius 1 is 0.816 bits per heavy atom. The van der Waals surface area contributed by atoms with Crippen LogP contribution in [-0.4, -0.2) is 17.5 Å². The van der Waals surface area contributed by atoms with Crippen LogP contribution in [0.4, 0.5) is 0 Å². The number of benzene rings is 2. The van der Waals surface area contributed by atoms with Crippen molar-refractivity contribution in [1.29, 1.82) is 0 Å². The van der Waals surface area contributed by atoms with Gasteiger partial charge in [0.05, 0.1) is 0 Å². The van der Waals surface area contributed by atoms with E-state index in [0.717, 1.165) is 0 Å². The minimum atomic E-state index is -1.06. The fourth-order valence-electron chi connectivity index (χ4n) is 7.51. The summed E-state index contributed by atoms with van der Waals surface area (Å²) < 4.78 is 4.14. The van der Waals surface area contributed by atoms with Crippen LogP contribution >= 0.6 is 10.2 Å². The highest BCUT2D eigenvalue weighted by Crippen LogP contribution is 2.64. The summed E-state index contributed by atoms with van der Waals surface area (Å²) in [6.45, 7) is 16.4. The fourth-order valence-corrected chi connectivity index (χ4v) is 11.2. The van der Waals surface area contributed by atoms with Crippen molar-refractivity contribution < 1.29 is 0 Å². The first-order chi connectivity index (χ1) is 18.1. The largest absolute Gasteiger partial charge is 0.275 e. The van der Waals surface area contributed by atoms with Crippen molar-refractivity contribution in [3.63, 3.8) is 0 Å². The summed E-state index contributed by atoms with van der Waals surface area (Å²) >= 11 is 0. The second kappa shape index (κ2) is 11.9. The monoisotopic (exact) mass is 533 g/mol. The fraction of sp³-hybridized carbons (Fsp3) is 0.611. The summed E-state index contributed by atoms with van der Waals surface area (Å²) in [4.78, 5) is 0. The van der Waals surface area contributed by atoms with Gasteiger partial charge in [0.25, 0.3) is 0 Å². The van der Waals surface area contributed by atoms with E-state index in [9.17, 15) is 0 Å². The van der Waals surface area contributed by atoms with Crippen molar-refractivity contribution in [3.05, 3.63) is 64.2 Å². The number of fused-ring (bicyclic) bond motifs is 4. The van der Waals surface area contributed by atoms with Crippen LogP contribution in [0.2, 0.25) is 0 Å². The first-order valence-corrected chi connectivity index (χ1v) is 17.9. The highest BCUT2D eigenvalue weighted by molar-refractivity contribution is 8.31. The lowest BCUT2D eigenvalue weighted by molar-refractivity contribution is 0.401. The maximum absolute atomic E-state index is 4.14. The van der Waals surface area contributed by atoms with Crippen molar-refractivity contribution in [2.24, 2.45) is 0 Å². The molecular formula is C36H55NS. The van der Waals surface area contributed by atoms with Gasteiger partial charge in [0.1, 0.15) is 0 Å². The lowest BCUT2D eigenvalue weighted by Crippen LogP contribution is -2.40. The van der Waals surface area contributed by atoms with Crippen molar-refractivity contribution >= 4 is 16.3 Å². The van der Waals surface area contributed by atoms with E-state index in [0.29, 0.717) is 5.25 Å². The van der Waals surface area contributed by atoms with Crippen molar-refractivity contribution in [1.82, 2.24) is 4.72 Å². The number of hydrogen-bond acceptors (Lipinski definition) is 1. The summed E-state index contributed by atoms with van der Waals surface area (Å²) in [5.74, 6) is 1.19. The minimum absolute atomic E-state index is 0.110. The smallest absolute Gasteiger partial charge is 0.0468 e. The standard InChI is InChI=1S/C36H55NS/c1-9-12-14-18-22-36(23-19-15-13-10-2)32-21-17-16-20-29(32)31-25-28-24-27(4)34(30(28)26-33(31)36)38(8,11-3)37-35(5,6)7/h16-17,20-21,24-26,34,37H,9-15,18-19,22-23H2,1-8H3. The van der Waals surface area contributed by atoms with Crippen LogP contribution < -0.4 is 4.72 Å². The van der Waals surface area contributed by atoms with Gasteiger partial charge in [-0.25, -0.2) is 0 Å². The molecule has 2 atom stereocenters. The van der Waals surface area contributed by atoms with Gasteiger partial charge in [-0.15, -0.1) is 0 Å². The van der Waals surface area contributed by atoms with E-state index in [1.165, 1.54) is 86.7 Å². The summed E-state index contributed by atoms with van der Waals surface area (Å²) in [5, 5.41) is 0.494.